The molecule has 3 unspecified atom stereocenters. The summed E-state index contributed by atoms with van der Waals surface area (Å²) in [7, 11) is 0. The molecule has 1 aromatic heterocycles. The van der Waals surface area contributed by atoms with Crippen molar-refractivity contribution >= 4 is 0 Å². The van der Waals surface area contributed by atoms with Gasteiger partial charge in [-0.3, -0.25) is 9.88 Å². The Labute approximate surface area is 123 Å². The predicted octanol–water partition coefficient (Wildman–Crippen LogP) is 3.24. The lowest BCUT2D eigenvalue weighted by molar-refractivity contribution is 0.0803. The van der Waals surface area contributed by atoms with Crippen LogP contribution >= 0.6 is 0 Å². The molecule has 1 N–H and O–H groups in total. The van der Waals surface area contributed by atoms with Crippen LogP contribution in [0, 0.1) is 5.92 Å². The van der Waals surface area contributed by atoms with Crippen LogP contribution in [0.3, 0.4) is 0 Å². The Morgan fingerprint density at radius 1 is 1.30 bits per heavy atom. The first kappa shape index (κ1) is 15.5. The van der Waals surface area contributed by atoms with E-state index in [0.717, 1.165) is 19.0 Å². The second-order valence-electron chi connectivity index (χ2n) is 6.45. The van der Waals surface area contributed by atoms with E-state index in [0.29, 0.717) is 18.1 Å². The fraction of sp³-hybridized carbons (Fsp3) is 0.706. The van der Waals surface area contributed by atoms with Gasteiger partial charge in [-0.1, -0.05) is 20.8 Å². The first-order valence-corrected chi connectivity index (χ1v) is 8.00. The second kappa shape index (κ2) is 7.19. The summed E-state index contributed by atoms with van der Waals surface area (Å²) in [5.74, 6) is 0.753. The summed E-state index contributed by atoms with van der Waals surface area (Å²) in [5.41, 5.74) is 1.38. The summed E-state index contributed by atoms with van der Waals surface area (Å²) in [6.45, 7) is 11.5. The highest BCUT2D eigenvalue weighted by atomic mass is 15.3. The van der Waals surface area contributed by atoms with Crippen molar-refractivity contribution in [2.45, 2.75) is 58.7 Å². The first-order valence-electron chi connectivity index (χ1n) is 8.00. The number of rotatable bonds is 5. The molecular formula is C17H29N3. The summed E-state index contributed by atoms with van der Waals surface area (Å²) in [4.78, 5) is 6.81. The van der Waals surface area contributed by atoms with Crippen LogP contribution in [0.15, 0.2) is 24.5 Å². The first-order chi connectivity index (χ1) is 9.61. The molecule has 0 saturated carbocycles. The van der Waals surface area contributed by atoms with Crippen molar-refractivity contribution < 1.29 is 0 Å². The van der Waals surface area contributed by atoms with Crippen molar-refractivity contribution in [3.8, 4) is 0 Å². The predicted molar refractivity (Wildman–Crippen MR) is 84.7 cm³/mol. The molecule has 3 atom stereocenters. The molecule has 112 valence electrons. The number of hydrogen-bond donors (Lipinski definition) is 1. The number of pyridine rings is 1. The number of hydrogen-bond acceptors (Lipinski definition) is 3. The SMILES string of the molecule is CCC1CNC(CC(C)C)CN1C(C)c1ccncc1. The number of nitrogens with zero attached hydrogens (tertiary/aromatic N) is 2. The second-order valence-corrected chi connectivity index (χ2v) is 6.45. The molecule has 3 nitrogen and oxygen atoms in total. The summed E-state index contributed by atoms with van der Waals surface area (Å²) >= 11 is 0. The van der Waals surface area contributed by atoms with E-state index in [-0.39, 0.29) is 0 Å². The van der Waals surface area contributed by atoms with Crippen LogP contribution in [0.5, 0.6) is 0 Å². The van der Waals surface area contributed by atoms with Gasteiger partial charge in [-0.05, 0) is 43.4 Å². The van der Waals surface area contributed by atoms with E-state index < -0.39 is 0 Å². The molecule has 0 spiro atoms. The van der Waals surface area contributed by atoms with E-state index in [1.165, 1.54) is 18.4 Å². The van der Waals surface area contributed by atoms with E-state index >= 15 is 0 Å². The van der Waals surface area contributed by atoms with E-state index in [4.69, 9.17) is 0 Å². The van der Waals surface area contributed by atoms with Gasteiger partial charge in [0.15, 0.2) is 0 Å². The quantitative estimate of drug-likeness (QED) is 0.894. The molecule has 0 radical (unpaired) electrons. The number of aromatic nitrogens is 1. The van der Waals surface area contributed by atoms with Gasteiger partial charge in [0.1, 0.15) is 0 Å². The minimum Gasteiger partial charge on any atom is -0.311 e. The Balaban J connectivity index is 2.08. The third-order valence-electron chi connectivity index (χ3n) is 4.46. The molecule has 1 fully saturated rings. The normalized spacial score (nSPS) is 25.9. The van der Waals surface area contributed by atoms with Crippen molar-refractivity contribution in [2.75, 3.05) is 13.1 Å². The van der Waals surface area contributed by atoms with Crippen LogP contribution in [0.4, 0.5) is 0 Å². The third-order valence-corrected chi connectivity index (χ3v) is 4.46. The summed E-state index contributed by atoms with van der Waals surface area (Å²) in [6.07, 6.45) is 6.27. The highest BCUT2D eigenvalue weighted by Gasteiger charge is 2.30. The van der Waals surface area contributed by atoms with Crippen molar-refractivity contribution in [3.05, 3.63) is 30.1 Å². The average Bonchev–Trinajstić information content (AvgIpc) is 2.46. The fourth-order valence-electron chi connectivity index (χ4n) is 3.30. The highest BCUT2D eigenvalue weighted by Crippen LogP contribution is 2.26. The third kappa shape index (κ3) is 3.80. The molecule has 20 heavy (non-hydrogen) atoms. The molecule has 1 aromatic rings. The van der Waals surface area contributed by atoms with Crippen molar-refractivity contribution in [2.24, 2.45) is 5.92 Å². The van der Waals surface area contributed by atoms with Crippen molar-refractivity contribution in [1.82, 2.24) is 15.2 Å². The minimum atomic E-state index is 0.472. The van der Waals surface area contributed by atoms with Gasteiger partial charge in [0.05, 0.1) is 0 Å². The van der Waals surface area contributed by atoms with Crippen LogP contribution in [-0.4, -0.2) is 35.1 Å². The summed E-state index contributed by atoms with van der Waals surface area (Å²) in [6, 6.07) is 6.04. The Bertz CT molecular complexity index is 390. The molecule has 1 saturated heterocycles. The highest BCUT2D eigenvalue weighted by molar-refractivity contribution is 5.15. The molecular weight excluding hydrogens is 246 g/mol. The van der Waals surface area contributed by atoms with Gasteiger partial charge in [-0.2, -0.15) is 0 Å². The molecule has 0 amide bonds. The van der Waals surface area contributed by atoms with E-state index in [2.05, 4.69) is 55.0 Å². The molecule has 0 aliphatic carbocycles. The lowest BCUT2D eigenvalue weighted by atomic mass is 9.96. The molecule has 2 heterocycles. The maximum absolute atomic E-state index is 4.14. The Hall–Kier alpha value is -0.930. The largest absolute Gasteiger partial charge is 0.311 e. The van der Waals surface area contributed by atoms with Crippen LogP contribution in [0.1, 0.15) is 52.1 Å². The number of nitrogens with one attached hydrogen (secondary N) is 1. The molecule has 3 heteroatoms. The maximum atomic E-state index is 4.14. The van der Waals surface area contributed by atoms with Gasteiger partial charge >= 0.3 is 0 Å². The lowest BCUT2D eigenvalue weighted by Crippen LogP contribution is -2.57. The van der Waals surface area contributed by atoms with E-state index in [1.807, 2.05) is 12.4 Å². The summed E-state index contributed by atoms with van der Waals surface area (Å²) in [5, 5.41) is 3.73. The van der Waals surface area contributed by atoms with Gasteiger partial charge in [-0.15, -0.1) is 0 Å². The van der Waals surface area contributed by atoms with Crippen LogP contribution in [0.2, 0.25) is 0 Å². The Kier molecular flexibility index (Phi) is 5.55. The minimum absolute atomic E-state index is 0.472. The average molecular weight is 275 g/mol. The smallest absolute Gasteiger partial charge is 0.0325 e. The Morgan fingerprint density at radius 2 is 2.00 bits per heavy atom. The van der Waals surface area contributed by atoms with E-state index in [1.54, 1.807) is 0 Å². The molecule has 1 aliphatic rings. The van der Waals surface area contributed by atoms with Gasteiger partial charge in [0.25, 0.3) is 0 Å². The van der Waals surface area contributed by atoms with Gasteiger partial charge < -0.3 is 5.32 Å². The Morgan fingerprint density at radius 3 is 2.60 bits per heavy atom. The lowest BCUT2D eigenvalue weighted by Gasteiger charge is -2.44. The van der Waals surface area contributed by atoms with Gasteiger partial charge in [0.2, 0.25) is 0 Å². The zero-order chi connectivity index (χ0) is 14.5. The zero-order valence-corrected chi connectivity index (χ0v) is 13.3. The van der Waals surface area contributed by atoms with Crippen LogP contribution in [-0.2, 0) is 0 Å². The fourth-order valence-corrected chi connectivity index (χ4v) is 3.30. The maximum Gasteiger partial charge on any atom is 0.0325 e. The molecule has 0 aromatic carbocycles. The van der Waals surface area contributed by atoms with Crippen molar-refractivity contribution in [3.63, 3.8) is 0 Å². The van der Waals surface area contributed by atoms with E-state index in [9.17, 15) is 0 Å². The molecule has 2 rings (SSSR count). The van der Waals surface area contributed by atoms with Gasteiger partial charge in [-0.25, -0.2) is 0 Å². The zero-order valence-electron chi connectivity index (χ0n) is 13.3. The number of piperazine rings is 1. The van der Waals surface area contributed by atoms with Crippen molar-refractivity contribution in [1.29, 1.82) is 0 Å². The van der Waals surface area contributed by atoms with Gasteiger partial charge in [0, 0.05) is 43.6 Å². The molecule has 0 bridgehead atoms. The standard InChI is InChI=1S/C17H29N3/c1-5-17-11-19-16(10-13(2)3)12-20(17)14(4)15-6-8-18-9-7-15/h6-9,13-14,16-17,19H,5,10-12H2,1-4H3. The molecule has 1 aliphatic heterocycles. The van der Waals surface area contributed by atoms with Crippen LogP contribution in [0.25, 0.3) is 0 Å². The topological polar surface area (TPSA) is 28.2 Å². The van der Waals surface area contributed by atoms with Crippen LogP contribution < -0.4 is 5.32 Å². The monoisotopic (exact) mass is 275 g/mol. The summed E-state index contributed by atoms with van der Waals surface area (Å²) < 4.78 is 0.